The lowest BCUT2D eigenvalue weighted by molar-refractivity contribution is 0.207. The Labute approximate surface area is 95.6 Å². The van der Waals surface area contributed by atoms with Crippen LogP contribution in [0.3, 0.4) is 0 Å². The number of hydrogen-bond donors (Lipinski definition) is 1. The summed E-state index contributed by atoms with van der Waals surface area (Å²) in [6, 6.07) is 8.21. The van der Waals surface area contributed by atoms with Crippen molar-refractivity contribution in [2.24, 2.45) is 0 Å². The average molecular weight is 226 g/mol. The molecule has 1 N–H and O–H groups in total. The molecule has 1 aromatic rings. The molecule has 1 aliphatic carbocycles. The Morgan fingerprint density at radius 2 is 2.27 bits per heavy atom. The first kappa shape index (κ1) is 10.8. The van der Waals surface area contributed by atoms with Gasteiger partial charge in [0.1, 0.15) is 11.9 Å². The average Bonchev–Trinajstić information content (AvgIpc) is 2.65. The van der Waals surface area contributed by atoms with Gasteiger partial charge in [0.25, 0.3) is 0 Å². The van der Waals surface area contributed by atoms with E-state index in [1.807, 2.05) is 31.3 Å². The molecule has 0 saturated heterocycles. The van der Waals surface area contributed by atoms with Gasteiger partial charge >= 0.3 is 0 Å². The van der Waals surface area contributed by atoms with E-state index < -0.39 is 0 Å². The molecule has 0 amide bonds. The highest BCUT2D eigenvalue weighted by atomic mass is 35.5. The van der Waals surface area contributed by atoms with Crippen LogP contribution < -0.4 is 10.1 Å². The first-order chi connectivity index (χ1) is 7.28. The van der Waals surface area contributed by atoms with E-state index in [0.29, 0.717) is 12.1 Å². The predicted molar refractivity (Wildman–Crippen MR) is 62.6 cm³/mol. The molecule has 3 heteroatoms. The van der Waals surface area contributed by atoms with Gasteiger partial charge in [0, 0.05) is 11.1 Å². The fourth-order valence-corrected chi connectivity index (χ4v) is 2.22. The van der Waals surface area contributed by atoms with Crippen molar-refractivity contribution in [2.45, 2.75) is 31.4 Å². The molecule has 1 aromatic carbocycles. The lowest BCUT2D eigenvalue weighted by Crippen LogP contribution is -2.23. The quantitative estimate of drug-likeness (QED) is 0.854. The minimum Gasteiger partial charge on any atom is -0.490 e. The van der Waals surface area contributed by atoms with Gasteiger partial charge in [-0.05, 0) is 44.5 Å². The van der Waals surface area contributed by atoms with E-state index in [2.05, 4.69) is 5.32 Å². The van der Waals surface area contributed by atoms with Gasteiger partial charge < -0.3 is 10.1 Å². The lowest BCUT2D eigenvalue weighted by atomic mass is 10.2. The SMILES string of the molecule is CNC1CCC(Oc2cccc(Cl)c2)C1. The van der Waals surface area contributed by atoms with E-state index in [1.165, 1.54) is 6.42 Å². The highest BCUT2D eigenvalue weighted by molar-refractivity contribution is 6.30. The maximum atomic E-state index is 5.89. The molecule has 1 aliphatic rings. The Bertz CT molecular complexity index is 329. The first-order valence-electron chi connectivity index (χ1n) is 5.37. The van der Waals surface area contributed by atoms with Crippen molar-refractivity contribution in [3.63, 3.8) is 0 Å². The van der Waals surface area contributed by atoms with E-state index in [4.69, 9.17) is 16.3 Å². The van der Waals surface area contributed by atoms with Crippen molar-refractivity contribution in [2.75, 3.05) is 7.05 Å². The molecule has 2 unspecified atom stereocenters. The fraction of sp³-hybridized carbons (Fsp3) is 0.500. The smallest absolute Gasteiger partial charge is 0.121 e. The van der Waals surface area contributed by atoms with Crippen molar-refractivity contribution < 1.29 is 4.74 Å². The zero-order chi connectivity index (χ0) is 10.7. The summed E-state index contributed by atoms with van der Waals surface area (Å²) in [5, 5.41) is 4.02. The second-order valence-electron chi connectivity index (χ2n) is 4.00. The third-order valence-electron chi connectivity index (χ3n) is 2.89. The zero-order valence-corrected chi connectivity index (χ0v) is 9.63. The molecular weight excluding hydrogens is 210 g/mol. The summed E-state index contributed by atoms with van der Waals surface area (Å²) in [4.78, 5) is 0. The normalized spacial score (nSPS) is 25.5. The maximum Gasteiger partial charge on any atom is 0.121 e. The largest absolute Gasteiger partial charge is 0.490 e. The molecule has 0 heterocycles. The van der Waals surface area contributed by atoms with Crippen molar-refractivity contribution in [1.29, 1.82) is 0 Å². The molecule has 0 radical (unpaired) electrons. The molecular formula is C12H16ClNO. The van der Waals surface area contributed by atoms with Crippen LogP contribution in [0.1, 0.15) is 19.3 Å². The summed E-state index contributed by atoms with van der Waals surface area (Å²) in [6.45, 7) is 0. The van der Waals surface area contributed by atoms with Crippen LogP contribution in [0, 0.1) is 0 Å². The minimum atomic E-state index is 0.334. The molecule has 2 nitrogen and oxygen atoms in total. The van der Waals surface area contributed by atoms with Crippen LogP contribution >= 0.6 is 11.6 Å². The Balaban J connectivity index is 1.92. The van der Waals surface area contributed by atoms with E-state index in [0.717, 1.165) is 23.6 Å². The number of hydrogen-bond acceptors (Lipinski definition) is 2. The standard InChI is InChI=1S/C12H16ClNO/c1-14-10-5-6-12(8-10)15-11-4-2-3-9(13)7-11/h2-4,7,10,12,14H,5-6,8H2,1H3. The van der Waals surface area contributed by atoms with Gasteiger partial charge in [-0.2, -0.15) is 0 Å². The van der Waals surface area contributed by atoms with Crippen molar-refractivity contribution in [3.05, 3.63) is 29.3 Å². The highest BCUT2D eigenvalue weighted by Gasteiger charge is 2.24. The fourth-order valence-electron chi connectivity index (χ4n) is 2.04. The van der Waals surface area contributed by atoms with Gasteiger partial charge in [-0.3, -0.25) is 0 Å². The Kier molecular flexibility index (Phi) is 3.49. The van der Waals surface area contributed by atoms with Crippen LogP contribution in [0.25, 0.3) is 0 Å². The van der Waals surface area contributed by atoms with Crippen LogP contribution in [0.5, 0.6) is 5.75 Å². The molecule has 15 heavy (non-hydrogen) atoms. The van der Waals surface area contributed by atoms with Crippen LogP contribution in [-0.4, -0.2) is 19.2 Å². The monoisotopic (exact) mass is 225 g/mol. The third-order valence-corrected chi connectivity index (χ3v) is 3.13. The van der Waals surface area contributed by atoms with Crippen LogP contribution in [0.15, 0.2) is 24.3 Å². The molecule has 2 atom stereocenters. The summed E-state index contributed by atoms with van der Waals surface area (Å²) in [5.41, 5.74) is 0. The second-order valence-corrected chi connectivity index (χ2v) is 4.43. The van der Waals surface area contributed by atoms with Crippen molar-refractivity contribution in [3.8, 4) is 5.75 Å². The molecule has 0 bridgehead atoms. The van der Waals surface area contributed by atoms with Gasteiger partial charge in [-0.25, -0.2) is 0 Å². The van der Waals surface area contributed by atoms with E-state index >= 15 is 0 Å². The summed E-state index contributed by atoms with van der Waals surface area (Å²) >= 11 is 5.89. The third kappa shape index (κ3) is 2.86. The lowest BCUT2D eigenvalue weighted by Gasteiger charge is -2.14. The molecule has 2 rings (SSSR count). The summed E-state index contributed by atoms with van der Waals surface area (Å²) in [5.74, 6) is 0.879. The predicted octanol–water partition coefficient (Wildman–Crippen LogP) is 2.86. The number of halogens is 1. The summed E-state index contributed by atoms with van der Waals surface area (Å²) in [6.07, 6.45) is 3.74. The molecule has 0 aromatic heterocycles. The zero-order valence-electron chi connectivity index (χ0n) is 8.87. The first-order valence-corrected chi connectivity index (χ1v) is 5.75. The van der Waals surface area contributed by atoms with Crippen molar-refractivity contribution >= 4 is 11.6 Å². The Hall–Kier alpha value is -0.730. The van der Waals surface area contributed by atoms with E-state index in [1.54, 1.807) is 0 Å². The van der Waals surface area contributed by atoms with Gasteiger partial charge in [0.15, 0.2) is 0 Å². The topological polar surface area (TPSA) is 21.3 Å². The van der Waals surface area contributed by atoms with Gasteiger partial charge in [-0.1, -0.05) is 17.7 Å². The van der Waals surface area contributed by atoms with E-state index in [-0.39, 0.29) is 0 Å². The molecule has 1 fully saturated rings. The van der Waals surface area contributed by atoms with Crippen molar-refractivity contribution in [1.82, 2.24) is 5.32 Å². The number of rotatable bonds is 3. The van der Waals surface area contributed by atoms with Crippen LogP contribution in [0.4, 0.5) is 0 Å². The minimum absolute atomic E-state index is 0.334. The van der Waals surface area contributed by atoms with Gasteiger partial charge in [0.2, 0.25) is 0 Å². The van der Waals surface area contributed by atoms with E-state index in [9.17, 15) is 0 Å². The molecule has 0 spiro atoms. The van der Waals surface area contributed by atoms with Gasteiger partial charge in [0.05, 0.1) is 0 Å². The number of benzene rings is 1. The molecule has 1 saturated carbocycles. The number of nitrogens with one attached hydrogen (secondary N) is 1. The van der Waals surface area contributed by atoms with Gasteiger partial charge in [-0.15, -0.1) is 0 Å². The summed E-state index contributed by atoms with van der Waals surface area (Å²) in [7, 11) is 2.01. The van der Waals surface area contributed by atoms with Crippen LogP contribution in [0.2, 0.25) is 5.02 Å². The summed E-state index contributed by atoms with van der Waals surface area (Å²) < 4.78 is 5.86. The number of ether oxygens (including phenoxy) is 1. The molecule has 0 aliphatic heterocycles. The maximum absolute atomic E-state index is 5.89. The Morgan fingerprint density at radius 3 is 2.93 bits per heavy atom. The molecule has 82 valence electrons. The highest BCUT2D eigenvalue weighted by Crippen LogP contribution is 2.25. The Morgan fingerprint density at radius 1 is 1.40 bits per heavy atom. The van der Waals surface area contributed by atoms with Crippen LogP contribution in [-0.2, 0) is 0 Å². The second kappa shape index (κ2) is 4.86.